The third kappa shape index (κ3) is 2.98. The van der Waals surface area contributed by atoms with Gasteiger partial charge in [0.25, 0.3) is 0 Å². The molecule has 1 saturated heterocycles. The normalized spacial score (nSPS) is 19.3. The average Bonchev–Trinajstić information content (AvgIpc) is 3.17. The van der Waals surface area contributed by atoms with Crippen LogP contribution in [0.4, 0.5) is 0 Å². The van der Waals surface area contributed by atoms with Crippen molar-refractivity contribution in [2.24, 2.45) is 7.05 Å². The zero-order valence-electron chi connectivity index (χ0n) is 13.2. The minimum absolute atomic E-state index is 0.131. The fraction of sp³-hybridized carbons (Fsp3) is 0.600. The molecule has 8 heteroatoms. The standard InChI is InChI=1S/C15H20N6O2/c1-19-12(4-5-16-19)10-20-6-8-21(9-7-20)15(22)14-17-13(18-23-14)11-2-3-11/h4-5,11H,2-3,6-10H2,1H3. The van der Waals surface area contributed by atoms with Crippen LogP contribution in [0.15, 0.2) is 16.8 Å². The van der Waals surface area contributed by atoms with E-state index in [-0.39, 0.29) is 11.8 Å². The number of rotatable bonds is 4. The second-order valence-electron chi connectivity index (χ2n) is 6.25. The van der Waals surface area contributed by atoms with Crippen molar-refractivity contribution in [1.29, 1.82) is 0 Å². The molecule has 0 N–H and O–H groups in total. The van der Waals surface area contributed by atoms with Gasteiger partial charge in [0.15, 0.2) is 5.82 Å². The minimum Gasteiger partial charge on any atom is -0.332 e. The maximum Gasteiger partial charge on any atom is 0.316 e. The van der Waals surface area contributed by atoms with Crippen molar-refractivity contribution in [3.05, 3.63) is 29.7 Å². The van der Waals surface area contributed by atoms with Gasteiger partial charge in [0.05, 0.1) is 5.69 Å². The van der Waals surface area contributed by atoms with Gasteiger partial charge in [0, 0.05) is 51.9 Å². The molecule has 0 aromatic carbocycles. The summed E-state index contributed by atoms with van der Waals surface area (Å²) in [6, 6.07) is 2.02. The highest BCUT2D eigenvalue weighted by Crippen LogP contribution is 2.38. The van der Waals surface area contributed by atoms with Crippen LogP contribution in [0, 0.1) is 0 Å². The van der Waals surface area contributed by atoms with E-state index in [0.29, 0.717) is 24.8 Å². The van der Waals surface area contributed by atoms with Gasteiger partial charge in [0.1, 0.15) is 0 Å². The number of piperazine rings is 1. The van der Waals surface area contributed by atoms with E-state index < -0.39 is 0 Å². The number of carbonyl (C=O) groups excluding carboxylic acids is 1. The zero-order valence-corrected chi connectivity index (χ0v) is 13.2. The Kier molecular flexibility index (Phi) is 3.60. The summed E-state index contributed by atoms with van der Waals surface area (Å²) in [5.41, 5.74) is 1.18. The van der Waals surface area contributed by atoms with Gasteiger partial charge < -0.3 is 9.42 Å². The van der Waals surface area contributed by atoms with E-state index in [9.17, 15) is 4.79 Å². The first-order valence-corrected chi connectivity index (χ1v) is 8.03. The number of hydrogen-bond acceptors (Lipinski definition) is 6. The van der Waals surface area contributed by atoms with Gasteiger partial charge in [-0.05, 0) is 18.9 Å². The van der Waals surface area contributed by atoms with Gasteiger partial charge in [-0.25, -0.2) is 0 Å². The molecular weight excluding hydrogens is 296 g/mol. The van der Waals surface area contributed by atoms with Crippen molar-refractivity contribution in [2.75, 3.05) is 26.2 Å². The van der Waals surface area contributed by atoms with E-state index in [4.69, 9.17) is 4.52 Å². The monoisotopic (exact) mass is 316 g/mol. The molecular formula is C15H20N6O2. The summed E-state index contributed by atoms with van der Waals surface area (Å²) in [5.74, 6) is 1.07. The topological polar surface area (TPSA) is 80.3 Å². The van der Waals surface area contributed by atoms with Gasteiger partial charge in [-0.15, -0.1) is 0 Å². The Morgan fingerprint density at radius 2 is 2.09 bits per heavy atom. The summed E-state index contributed by atoms with van der Waals surface area (Å²) in [4.78, 5) is 20.8. The van der Waals surface area contributed by atoms with E-state index in [2.05, 4.69) is 20.1 Å². The first kappa shape index (κ1) is 14.4. The highest BCUT2D eigenvalue weighted by atomic mass is 16.5. The van der Waals surface area contributed by atoms with Crippen molar-refractivity contribution >= 4 is 5.91 Å². The predicted octanol–water partition coefficient (Wildman–Crippen LogP) is 0.638. The third-order valence-electron chi connectivity index (χ3n) is 4.53. The predicted molar refractivity (Wildman–Crippen MR) is 80.7 cm³/mol. The van der Waals surface area contributed by atoms with Gasteiger partial charge in [-0.1, -0.05) is 5.16 Å². The molecule has 0 unspecified atom stereocenters. The fourth-order valence-corrected chi connectivity index (χ4v) is 2.86. The highest BCUT2D eigenvalue weighted by molar-refractivity contribution is 5.89. The molecule has 8 nitrogen and oxygen atoms in total. The molecule has 2 aliphatic rings. The van der Waals surface area contributed by atoms with Crippen LogP contribution >= 0.6 is 0 Å². The molecule has 2 aromatic heterocycles. The Bertz CT molecular complexity index is 696. The largest absolute Gasteiger partial charge is 0.332 e. The van der Waals surface area contributed by atoms with Crippen LogP contribution in [0.3, 0.4) is 0 Å². The van der Waals surface area contributed by atoms with Crippen molar-refractivity contribution in [1.82, 2.24) is 29.7 Å². The van der Waals surface area contributed by atoms with Crippen molar-refractivity contribution < 1.29 is 9.32 Å². The first-order chi connectivity index (χ1) is 11.2. The van der Waals surface area contributed by atoms with Gasteiger partial charge >= 0.3 is 11.8 Å². The molecule has 2 fully saturated rings. The number of aryl methyl sites for hydroxylation is 1. The van der Waals surface area contributed by atoms with Crippen molar-refractivity contribution in [3.63, 3.8) is 0 Å². The zero-order chi connectivity index (χ0) is 15.8. The molecule has 122 valence electrons. The second kappa shape index (κ2) is 5.77. The highest BCUT2D eigenvalue weighted by Gasteiger charge is 2.32. The second-order valence-corrected chi connectivity index (χ2v) is 6.25. The van der Waals surface area contributed by atoms with Crippen LogP contribution in [-0.2, 0) is 13.6 Å². The van der Waals surface area contributed by atoms with Crippen LogP contribution in [0.25, 0.3) is 0 Å². The fourth-order valence-electron chi connectivity index (χ4n) is 2.86. The molecule has 4 rings (SSSR count). The van der Waals surface area contributed by atoms with E-state index in [1.54, 1.807) is 4.90 Å². The summed E-state index contributed by atoms with van der Waals surface area (Å²) < 4.78 is 7.02. The van der Waals surface area contributed by atoms with Crippen LogP contribution in [0.1, 0.15) is 41.0 Å². The Labute approximate surface area is 134 Å². The van der Waals surface area contributed by atoms with Crippen LogP contribution in [0.5, 0.6) is 0 Å². The number of aromatic nitrogens is 4. The molecule has 0 spiro atoms. The van der Waals surface area contributed by atoms with E-state index in [1.165, 1.54) is 5.69 Å². The maximum atomic E-state index is 12.4. The number of carbonyl (C=O) groups is 1. The third-order valence-corrected chi connectivity index (χ3v) is 4.53. The van der Waals surface area contributed by atoms with Gasteiger partial charge in [0.2, 0.25) is 0 Å². The molecule has 0 atom stereocenters. The first-order valence-electron chi connectivity index (χ1n) is 8.03. The lowest BCUT2D eigenvalue weighted by Gasteiger charge is -2.33. The Balaban J connectivity index is 1.33. The lowest BCUT2D eigenvalue weighted by Crippen LogP contribution is -2.48. The Morgan fingerprint density at radius 1 is 1.30 bits per heavy atom. The number of hydrogen-bond donors (Lipinski definition) is 0. The van der Waals surface area contributed by atoms with Crippen LogP contribution in [0.2, 0.25) is 0 Å². The molecule has 1 aliphatic carbocycles. The summed E-state index contributed by atoms with van der Waals surface area (Å²) in [6.45, 7) is 3.88. The van der Waals surface area contributed by atoms with Crippen molar-refractivity contribution in [2.45, 2.75) is 25.3 Å². The minimum atomic E-state index is -0.149. The van der Waals surface area contributed by atoms with Crippen molar-refractivity contribution in [3.8, 4) is 0 Å². The van der Waals surface area contributed by atoms with Crippen LogP contribution in [-0.4, -0.2) is 61.8 Å². The lowest BCUT2D eigenvalue weighted by atomic mass is 10.3. The molecule has 1 aliphatic heterocycles. The summed E-state index contributed by atoms with van der Waals surface area (Å²) in [5, 5.41) is 8.10. The molecule has 0 bridgehead atoms. The maximum absolute atomic E-state index is 12.4. The molecule has 23 heavy (non-hydrogen) atoms. The van der Waals surface area contributed by atoms with Gasteiger partial charge in [-0.3, -0.25) is 14.4 Å². The smallest absolute Gasteiger partial charge is 0.316 e. The SMILES string of the molecule is Cn1nccc1CN1CCN(C(=O)c2nc(C3CC3)no2)CC1. The summed E-state index contributed by atoms with van der Waals surface area (Å²) >= 11 is 0. The lowest BCUT2D eigenvalue weighted by molar-refractivity contribution is 0.0578. The summed E-state index contributed by atoms with van der Waals surface area (Å²) in [7, 11) is 1.95. The van der Waals surface area contributed by atoms with E-state index >= 15 is 0 Å². The van der Waals surface area contributed by atoms with Crippen LogP contribution < -0.4 is 0 Å². The Morgan fingerprint density at radius 3 is 2.74 bits per heavy atom. The molecule has 1 saturated carbocycles. The number of nitrogens with zero attached hydrogens (tertiary/aromatic N) is 6. The molecule has 2 aromatic rings. The Hall–Kier alpha value is -2.22. The number of amides is 1. The molecule has 1 amide bonds. The summed E-state index contributed by atoms with van der Waals surface area (Å²) in [6.07, 6.45) is 4.00. The quantitative estimate of drug-likeness (QED) is 0.823. The van der Waals surface area contributed by atoms with E-state index in [0.717, 1.165) is 32.5 Å². The molecule has 3 heterocycles. The van der Waals surface area contributed by atoms with Gasteiger partial charge in [-0.2, -0.15) is 10.1 Å². The average molecular weight is 316 g/mol. The molecule has 0 radical (unpaired) electrons. The van der Waals surface area contributed by atoms with E-state index in [1.807, 2.05) is 24.0 Å².